The number of carbonyl (C=O) groups excluding carboxylic acids is 2. The van der Waals surface area contributed by atoms with Crippen LogP contribution in [0.5, 0.6) is 0 Å². The van der Waals surface area contributed by atoms with Crippen molar-refractivity contribution >= 4 is 11.9 Å². The van der Waals surface area contributed by atoms with Crippen LogP contribution in [0.4, 0.5) is 0 Å². The summed E-state index contributed by atoms with van der Waals surface area (Å²) in [5.74, 6) is -0.0305. The Kier molecular flexibility index (Phi) is 54.0. The van der Waals surface area contributed by atoms with E-state index in [-0.39, 0.29) is 18.5 Å². The van der Waals surface area contributed by atoms with Crippen LogP contribution in [0.3, 0.4) is 0 Å². The number of nitrogens with one attached hydrogen (secondary N) is 1. The zero-order valence-corrected chi connectivity index (χ0v) is 44.0. The van der Waals surface area contributed by atoms with E-state index in [9.17, 15) is 19.8 Å². The number of unbranched alkanes of at least 4 members (excludes halogenated alkanes) is 42. The van der Waals surface area contributed by atoms with Gasteiger partial charge in [-0.1, -0.05) is 283 Å². The number of carbonyl (C=O) groups is 2. The predicted molar refractivity (Wildman–Crippen MR) is 283 cm³/mol. The van der Waals surface area contributed by atoms with E-state index >= 15 is 0 Å². The number of rotatable bonds is 55. The normalized spacial score (nSPS) is 12.6. The van der Waals surface area contributed by atoms with Crippen LogP contribution in [0.15, 0.2) is 12.2 Å². The van der Waals surface area contributed by atoms with Crippen molar-refractivity contribution in [3.05, 3.63) is 12.2 Å². The summed E-state index contributed by atoms with van der Waals surface area (Å²) in [6.45, 7) is 4.93. The highest BCUT2D eigenvalue weighted by atomic mass is 16.5. The average molecular weight is 919 g/mol. The standard InChI is InChI=1S/C59H115NO5/c1-3-5-7-9-11-13-15-16-25-28-32-35-39-43-47-51-57(62)56(55-61)60-58(63)52-48-44-40-36-33-29-26-23-21-19-17-18-20-22-24-27-30-34-38-42-46-50-54-65-59(64)53-49-45-41-37-31-14-12-10-8-6-4-2/h10,12,56-57,61-62H,3-9,11,13-55H2,1-2H3,(H,60,63)/b12-10-. The Morgan fingerprint density at radius 2 is 0.738 bits per heavy atom. The van der Waals surface area contributed by atoms with Gasteiger partial charge in [-0.05, 0) is 44.9 Å². The lowest BCUT2D eigenvalue weighted by Gasteiger charge is -2.22. The maximum absolute atomic E-state index is 12.5. The Hall–Kier alpha value is -1.40. The van der Waals surface area contributed by atoms with E-state index in [1.54, 1.807) is 0 Å². The summed E-state index contributed by atoms with van der Waals surface area (Å²) in [5.41, 5.74) is 0. The fraction of sp³-hybridized carbons (Fsp3) is 0.932. The molecule has 65 heavy (non-hydrogen) atoms. The number of amides is 1. The van der Waals surface area contributed by atoms with E-state index < -0.39 is 12.1 Å². The molecule has 0 spiro atoms. The first-order chi connectivity index (χ1) is 32.0. The molecule has 0 aliphatic carbocycles. The lowest BCUT2D eigenvalue weighted by atomic mass is 10.0. The molecule has 0 aliphatic heterocycles. The van der Waals surface area contributed by atoms with Crippen molar-refractivity contribution in [1.29, 1.82) is 0 Å². The number of hydrogen-bond acceptors (Lipinski definition) is 5. The average Bonchev–Trinajstić information content (AvgIpc) is 3.31. The summed E-state index contributed by atoms with van der Waals surface area (Å²) in [5, 5.41) is 23.3. The Labute approximate surface area is 406 Å². The first-order valence-corrected chi connectivity index (χ1v) is 29.4. The maximum atomic E-state index is 12.5. The van der Waals surface area contributed by atoms with Crippen LogP contribution in [0.25, 0.3) is 0 Å². The van der Waals surface area contributed by atoms with E-state index in [4.69, 9.17) is 4.74 Å². The van der Waals surface area contributed by atoms with Gasteiger partial charge < -0.3 is 20.3 Å². The quantitative estimate of drug-likeness (QED) is 0.0321. The van der Waals surface area contributed by atoms with Crippen LogP contribution in [0, 0.1) is 0 Å². The molecule has 0 aromatic heterocycles. The van der Waals surface area contributed by atoms with Crippen LogP contribution in [0.1, 0.15) is 328 Å². The van der Waals surface area contributed by atoms with E-state index in [1.807, 2.05) is 0 Å². The third kappa shape index (κ3) is 51.8. The van der Waals surface area contributed by atoms with Gasteiger partial charge in [0.25, 0.3) is 0 Å². The van der Waals surface area contributed by atoms with Crippen LogP contribution in [-0.4, -0.2) is 47.4 Å². The van der Waals surface area contributed by atoms with Crippen molar-refractivity contribution in [2.24, 2.45) is 0 Å². The van der Waals surface area contributed by atoms with Gasteiger partial charge in [0.1, 0.15) is 0 Å². The summed E-state index contributed by atoms with van der Waals surface area (Å²) < 4.78 is 5.46. The van der Waals surface area contributed by atoms with Crippen molar-refractivity contribution in [3.63, 3.8) is 0 Å². The topological polar surface area (TPSA) is 95.9 Å². The predicted octanol–water partition coefficient (Wildman–Crippen LogP) is 18.1. The largest absolute Gasteiger partial charge is 0.466 e. The molecule has 0 radical (unpaired) electrons. The minimum Gasteiger partial charge on any atom is -0.466 e. The van der Waals surface area contributed by atoms with Gasteiger partial charge in [0.2, 0.25) is 5.91 Å². The molecule has 2 unspecified atom stereocenters. The van der Waals surface area contributed by atoms with Crippen molar-refractivity contribution < 1.29 is 24.5 Å². The Balaban J connectivity index is 3.38. The second-order valence-electron chi connectivity index (χ2n) is 20.3. The number of aliphatic hydroxyl groups is 2. The highest BCUT2D eigenvalue weighted by Gasteiger charge is 2.20. The molecule has 0 bridgehead atoms. The third-order valence-electron chi connectivity index (χ3n) is 13.8. The number of allylic oxidation sites excluding steroid dienone is 2. The first-order valence-electron chi connectivity index (χ1n) is 29.4. The number of ether oxygens (including phenoxy) is 1. The molecule has 1 amide bonds. The Morgan fingerprint density at radius 1 is 0.415 bits per heavy atom. The zero-order chi connectivity index (χ0) is 47.2. The van der Waals surface area contributed by atoms with Crippen molar-refractivity contribution in [3.8, 4) is 0 Å². The first kappa shape index (κ1) is 63.6. The zero-order valence-electron chi connectivity index (χ0n) is 44.0. The molecule has 0 rings (SSSR count). The summed E-state index contributed by atoms with van der Waals surface area (Å²) in [6.07, 6.45) is 64.9. The molecule has 0 aromatic carbocycles. The molecule has 0 heterocycles. The fourth-order valence-electron chi connectivity index (χ4n) is 9.27. The minimum absolute atomic E-state index is 0.00261. The van der Waals surface area contributed by atoms with Gasteiger partial charge in [0.05, 0.1) is 25.4 Å². The van der Waals surface area contributed by atoms with Crippen LogP contribution in [-0.2, 0) is 14.3 Å². The van der Waals surface area contributed by atoms with E-state index in [1.165, 1.54) is 250 Å². The van der Waals surface area contributed by atoms with Crippen LogP contribution < -0.4 is 5.32 Å². The smallest absolute Gasteiger partial charge is 0.305 e. The summed E-state index contributed by atoms with van der Waals surface area (Å²) >= 11 is 0. The molecule has 0 aromatic rings. The Bertz CT molecular complexity index is 970. The van der Waals surface area contributed by atoms with Crippen LogP contribution in [0.2, 0.25) is 0 Å². The molecule has 3 N–H and O–H groups in total. The second kappa shape index (κ2) is 55.2. The lowest BCUT2D eigenvalue weighted by molar-refractivity contribution is -0.143. The highest BCUT2D eigenvalue weighted by Crippen LogP contribution is 2.18. The Morgan fingerprint density at radius 3 is 1.14 bits per heavy atom. The van der Waals surface area contributed by atoms with Crippen molar-refractivity contribution in [1.82, 2.24) is 5.32 Å². The van der Waals surface area contributed by atoms with E-state index in [2.05, 4.69) is 31.3 Å². The van der Waals surface area contributed by atoms with Crippen LogP contribution >= 0.6 is 0 Å². The molecule has 0 fully saturated rings. The molecular weight excluding hydrogens is 803 g/mol. The third-order valence-corrected chi connectivity index (χ3v) is 13.8. The van der Waals surface area contributed by atoms with Gasteiger partial charge in [-0.3, -0.25) is 9.59 Å². The highest BCUT2D eigenvalue weighted by molar-refractivity contribution is 5.76. The number of aliphatic hydroxyl groups excluding tert-OH is 2. The van der Waals surface area contributed by atoms with Gasteiger partial charge in [-0.25, -0.2) is 0 Å². The number of esters is 1. The van der Waals surface area contributed by atoms with Gasteiger partial charge >= 0.3 is 5.97 Å². The molecule has 386 valence electrons. The summed E-state index contributed by atoms with van der Waals surface area (Å²) in [4.78, 5) is 24.5. The van der Waals surface area contributed by atoms with Crippen molar-refractivity contribution in [2.45, 2.75) is 341 Å². The maximum Gasteiger partial charge on any atom is 0.305 e. The van der Waals surface area contributed by atoms with E-state index in [0.29, 0.717) is 25.9 Å². The monoisotopic (exact) mass is 918 g/mol. The van der Waals surface area contributed by atoms with Gasteiger partial charge in [0, 0.05) is 12.8 Å². The van der Waals surface area contributed by atoms with Crippen molar-refractivity contribution in [2.75, 3.05) is 13.2 Å². The lowest BCUT2D eigenvalue weighted by Crippen LogP contribution is -2.45. The molecule has 6 heteroatoms. The number of hydrogen-bond donors (Lipinski definition) is 3. The molecule has 0 saturated heterocycles. The van der Waals surface area contributed by atoms with Gasteiger partial charge in [-0.2, -0.15) is 0 Å². The SMILES string of the molecule is CCCC/C=C\CCCCCCCC(=O)OCCCCCCCCCCCCCCCCCCCCCCCCC(=O)NC(CO)C(O)CCCCCCCCCCCCCCCCC. The molecule has 0 saturated carbocycles. The summed E-state index contributed by atoms with van der Waals surface area (Å²) in [6, 6.07) is -0.540. The molecule has 6 nitrogen and oxygen atoms in total. The minimum atomic E-state index is -0.663. The fourth-order valence-corrected chi connectivity index (χ4v) is 9.27. The molecule has 2 atom stereocenters. The molecule has 0 aliphatic rings. The summed E-state index contributed by atoms with van der Waals surface area (Å²) in [7, 11) is 0. The molecular formula is C59H115NO5. The second-order valence-corrected chi connectivity index (χ2v) is 20.3. The van der Waals surface area contributed by atoms with Gasteiger partial charge in [-0.15, -0.1) is 0 Å². The van der Waals surface area contributed by atoms with E-state index in [0.717, 1.165) is 44.9 Å². The van der Waals surface area contributed by atoms with Gasteiger partial charge in [0.15, 0.2) is 0 Å².